The highest BCUT2D eigenvalue weighted by Gasteiger charge is 2.11. The maximum Gasteiger partial charge on any atom is 0.251 e. The maximum atomic E-state index is 12.3. The first-order valence-electron chi connectivity index (χ1n) is 7.09. The first-order chi connectivity index (χ1) is 9.92. The van der Waals surface area contributed by atoms with E-state index in [0.29, 0.717) is 12.0 Å². The summed E-state index contributed by atoms with van der Waals surface area (Å²) in [5.41, 5.74) is 2.42. The van der Waals surface area contributed by atoms with Gasteiger partial charge in [-0.25, -0.2) is 0 Å². The summed E-state index contributed by atoms with van der Waals surface area (Å²) in [6.45, 7) is 4.77. The SMILES string of the molecule is Cc1cc(C#CCCO)cc(C(=O)NC(C)CN(C)C)c1. The molecule has 4 heteroatoms. The molecule has 0 spiro atoms. The number of carbonyl (C=O) groups excluding carboxylic acids is 1. The van der Waals surface area contributed by atoms with Crippen LogP contribution in [0.3, 0.4) is 0 Å². The summed E-state index contributed by atoms with van der Waals surface area (Å²) in [4.78, 5) is 14.3. The second-order valence-electron chi connectivity index (χ2n) is 5.50. The van der Waals surface area contributed by atoms with Gasteiger partial charge in [0, 0.05) is 30.1 Å². The predicted octanol–water partition coefficient (Wildman–Crippen LogP) is 1.41. The Hall–Kier alpha value is -1.83. The largest absolute Gasteiger partial charge is 0.395 e. The van der Waals surface area contributed by atoms with Gasteiger partial charge < -0.3 is 15.3 Å². The van der Waals surface area contributed by atoms with Crippen LogP contribution in [0.2, 0.25) is 0 Å². The fourth-order valence-corrected chi connectivity index (χ4v) is 2.11. The summed E-state index contributed by atoms with van der Waals surface area (Å²) in [5, 5.41) is 11.7. The van der Waals surface area contributed by atoms with Crippen molar-refractivity contribution in [2.24, 2.45) is 0 Å². The van der Waals surface area contributed by atoms with E-state index in [1.54, 1.807) is 6.07 Å². The molecule has 4 nitrogen and oxygen atoms in total. The van der Waals surface area contributed by atoms with E-state index >= 15 is 0 Å². The van der Waals surface area contributed by atoms with Crippen molar-refractivity contribution in [3.8, 4) is 11.8 Å². The van der Waals surface area contributed by atoms with Crippen molar-refractivity contribution in [3.05, 3.63) is 34.9 Å². The van der Waals surface area contributed by atoms with Gasteiger partial charge in [-0.05, 0) is 51.7 Å². The van der Waals surface area contributed by atoms with Gasteiger partial charge in [0.25, 0.3) is 5.91 Å². The first kappa shape index (κ1) is 17.2. The van der Waals surface area contributed by atoms with Gasteiger partial charge in [0.05, 0.1) is 6.61 Å². The van der Waals surface area contributed by atoms with Gasteiger partial charge in [0.1, 0.15) is 0 Å². The molecule has 0 aromatic heterocycles. The summed E-state index contributed by atoms with van der Waals surface area (Å²) in [6, 6.07) is 5.66. The zero-order chi connectivity index (χ0) is 15.8. The molecule has 1 amide bonds. The van der Waals surface area contributed by atoms with Gasteiger partial charge in [-0.15, -0.1) is 0 Å². The van der Waals surface area contributed by atoms with E-state index in [1.165, 1.54) is 0 Å². The van der Waals surface area contributed by atoms with Crippen molar-refractivity contribution in [3.63, 3.8) is 0 Å². The fraction of sp³-hybridized carbons (Fsp3) is 0.471. The Morgan fingerprint density at radius 3 is 2.71 bits per heavy atom. The number of nitrogens with one attached hydrogen (secondary N) is 1. The molecule has 1 unspecified atom stereocenters. The van der Waals surface area contributed by atoms with Crippen LogP contribution in [0.4, 0.5) is 0 Å². The van der Waals surface area contributed by atoms with Crippen LogP contribution < -0.4 is 5.32 Å². The Bertz CT molecular complexity index is 541. The molecule has 0 saturated heterocycles. The summed E-state index contributed by atoms with van der Waals surface area (Å²) in [7, 11) is 3.95. The number of aliphatic hydroxyl groups is 1. The Morgan fingerprint density at radius 2 is 2.10 bits per heavy atom. The molecule has 0 bridgehead atoms. The first-order valence-corrected chi connectivity index (χ1v) is 7.09. The molecule has 0 fully saturated rings. The minimum atomic E-state index is -0.0849. The number of hydrogen-bond acceptors (Lipinski definition) is 3. The Balaban J connectivity index is 2.83. The third kappa shape index (κ3) is 6.44. The molecular formula is C17H24N2O2. The number of hydrogen-bond donors (Lipinski definition) is 2. The molecular weight excluding hydrogens is 264 g/mol. The van der Waals surface area contributed by atoms with Gasteiger partial charge in [0.15, 0.2) is 0 Å². The number of aryl methyl sites for hydroxylation is 1. The van der Waals surface area contributed by atoms with Crippen LogP contribution in [-0.2, 0) is 0 Å². The molecule has 0 saturated carbocycles. The van der Waals surface area contributed by atoms with Crippen LogP contribution in [0, 0.1) is 18.8 Å². The number of likely N-dealkylation sites (N-methyl/N-ethyl adjacent to an activating group) is 1. The number of rotatable bonds is 5. The number of carbonyl (C=O) groups is 1. The smallest absolute Gasteiger partial charge is 0.251 e. The Labute approximate surface area is 127 Å². The molecule has 1 aromatic carbocycles. The molecule has 1 aromatic rings. The van der Waals surface area contributed by atoms with Crippen molar-refractivity contribution in [1.29, 1.82) is 0 Å². The normalized spacial score (nSPS) is 11.7. The zero-order valence-electron chi connectivity index (χ0n) is 13.2. The number of amides is 1. The zero-order valence-corrected chi connectivity index (χ0v) is 13.2. The van der Waals surface area contributed by atoms with Gasteiger partial charge in [-0.1, -0.05) is 11.8 Å². The number of aliphatic hydroxyl groups excluding tert-OH is 1. The fourth-order valence-electron chi connectivity index (χ4n) is 2.11. The molecule has 21 heavy (non-hydrogen) atoms. The van der Waals surface area contributed by atoms with E-state index in [0.717, 1.165) is 17.7 Å². The van der Waals surface area contributed by atoms with E-state index in [2.05, 4.69) is 17.2 Å². The van der Waals surface area contributed by atoms with Gasteiger partial charge in [0.2, 0.25) is 0 Å². The third-order valence-corrected chi connectivity index (χ3v) is 2.83. The van der Waals surface area contributed by atoms with Gasteiger partial charge in [-0.2, -0.15) is 0 Å². The summed E-state index contributed by atoms with van der Waals surface area (Å²) < 4.78 is 0. The minimum Gasteiger partial charge on any atom is -0.395 e. The summed E-state index contributed by atoms with van der Waals surface area (Å²) in [5.74, 6) is 5.76. The van der Waals surface area contributed by atoms with E-state index < -0.39 is 0 Å². The molecule has 0 aliphatic heterocycles. The van der Waals surface area contributed by atoms with E-state index in [9.17, 15) is 4.79 Å². The molecule has 0 heterocycles. The molecule has 0 aliphatic carbocycles. The monoisotopic (exact) mass is 288 g/mol. The minimum absolute atomic E-state index is 0.0498. The molecule has 114 valence electrons. The molecule has 1 atom stereocenters. The number of benzene rings is 1. The Kier molecular flexibility index (Phi) is 6.93. The Morgan fingerprint density at radius 1 is 1.38 bits per heavy atom. The van der Waals surface area contributed by atoms with Crippen molar-refractivity contribution in [2.75, 3.05) is 27.2 Å². The average Bonchev–Trinajstić information content (AvgIpc) is 2.37. The van der Waals surface area contributed by atoms with Crippen LogP contribution in [-0.4, -0.2) is 49.2 Å². The van der Waals surface area contributed by atoms with Crippen molar-refractivity contribution in [2.45, 2.75) is 26.3 Å². The van der Waals surface area contributed by atoms with Crippen molar-refractivity contribution < 1.29 is 9.90 Å². The van der Waals surface area contributed by atoms with Crippen LogP contribution in [0.1, 0.15) is 34.8 Å². The topological polar surface area (TPSA) is 52.6 Å². The van der Waals surface area contributed by atoms with E-state index in [1.807, 2.05) is 45.0 Å². The highest BCUT2D eigenvalue weighted by atomic mass is 16.2. The van der Waals surface area contributed by atoms with Gasteiger partial charge >= 0.3 is 0 Å². The van der Waals surface area contributed by atoms with Crippen LogP contribution in [0.25, 0.3) is 0 Å². The quantitative estimate of drug-likeness (QED) is 0.806. The van der Waals surface area contributed by atoms with Crippen LogP contribution in [0.15, 0.2) is 18.2 Å². The van der Waals surface area contributed by atoms with Gasteiger partial charge in [-0.3, -0.25) is 4.79 Å². The maximum absolute atomic E-state index is 12.3. The lowest BCUT2D eigenvalue weighted by Gasteiger charge is -2.18. The lowest BCUT2D eigenvalue weighted by Crippen LogP contribution is -2.39. The molecule has 1 rings (SSSR count). The van der Waals surface area contributed by atoms with E-state index in [4.69, 9.17) is 5.11 Å². The highest BCUT2D eigenvalue weighted by molar-refractivity contribution is 5.95. The molecule has 0 radical (unpaired) electrons. The van der Waals surface area contributed by atoms with Crippen LogP contribution in [0.5, 0.6) is 0 Å². The predicted molar refractivity (Wildman–Crippen MR) is 85.2 cm³/mol. The summed E-state index contributed by atoms with van der Waals surface area (Å²) in [6.07, 6.45) is 0.440. The third-order valence-electron chi connectivity index (χ3n) is 2.83. The lowest BCUT2D eigenvalue weighted by molar-refractivity contribution is 0.0934. The second kappa shape index (κ2) is 8.46. The van der Waals surface area contributed by atoms with Crippen molar-refractivity contribution in [1.82, 2.24) is 10.2 Å². The average molecular weight is 288 g/mol. The molecule has 0 aliphatic rings. The highest BCUT2D eigenvalue weighted by Crippen LogP contribution is 2.09. The van der Waals surface area contributed by atoms with Crippen molar-refractivity contribution >= 4 is 5.91 Å². The van der Waals surface area contributed by atoms with E-state index in [-0.39, 0.29) is 18.6 Å². The summed E-state index contributed by atoms with van der Waals surface area (Å²) >= 11 is 0. The van der Waals surface area contributed by atoms with Crippen LogP contribution >= 0.6 is 0 Å². The number of nitrogens with zero attached hydrogens (tertiary/aromatic N) is 1. The second-order valence-corrected chi connectivity index (χ2v) is 5.50. The lowest BCUT2D eigenvalue weighted by atomic mass is 10.1. The standard InChI is InChI=1S/C17H24N2O2/c1-13-9-15(7-5-6-8-20)11-16(10-13)17(21)18-14(2)12-19(3)4/h9-11,14,20H,6,8,12H2,1-4H3,(H,18,21). The molecule has 2 N–H and O–H groups in total.